The summed E-state index contributed by atoms with van der Waals surface area (Å²) in [5.74, 6) is -0.694. The zero-order chi connectivity index (χ0) is 21.9. The first-order valence-corrected chi connectivity index (χ1v) is 10.8. The van der Waals surface area contributed by atoms with Crippen molar-refractivity contribution in [2.45, 2.75) is 58.0 Å². The van der Waals surface area contributed by atoms with Crippen LogP contribution in [0.5, 0.6) is 0 Å². The summed E-state index contributed by atoms with van der Waals surface area (Å²) in [6.07, 6.45) is 5.77. The summed E-state index contributed by atoms with van der Waals surface area (Å²) in [5.41, 5.74) is 1.21. The number of aryl methyl sites for hydroxylation is 1. The second-order valence-electron chi connectivity index (χ2n) is 6.94. The van der Waals surface area contributed by atoms with Crippen LogP contribution >= 0.6 is 0 Å². The second kappa shape index (κ2) is 17.7. The van der Waals surface area contributed by atoms with E-state index in [4.69, 9.17) is 18.9 Å². The van der Waals surface area contributed by atoms with Crippen LogP contribution in [0, 0.1) is 0 Å². The third kappa shape index (κ3) is 13.9. The van der Waals surface area contributed by atoms with E-state index >= 15 is 0 Å². The molecule has 30 heavy (non-hydrogen) atoms. The predicted molar refractivity (Wildman–Crippen MR) is 116 cm³/mol. The highest BCUT2D eigenvalue weighted by molar-refractivity contribution is 5.81. The van der Waals surface area contributed by atoms with Gasteiger partial charge in [-0.1, -0.05) is 36.9 Å². The summed E-state index contributed by atoms with van der Waals surface area (Å²) in [4.78, 5) is 23.2. The van der Waals surface area contributed by atoms with E-state index < -0.39 is 5.97 Å². The molecule has 0 aromatic heterocycles. The molecular formula is C24H36O6. The molecular weight excluding hydrogens is 384 g/mol. The number of unbranched alkanes of at least 4 members (excludes halogenated alkanes) is 2. The zero-order valence-electron chi connectivity index (χ0n) is 18.2. The smallest absolute Gasteiger partial charge is 0.330 e. The molecule has 0 bridgehead atoms. The van der Waals surface area contributed by atoms with Crippen molar-refractivity contribution in [3.8, 4) is 0 Å². The van der Waals surface area contributed by atoms with Gasteiger partial charge in [0.1, 0.15) is 6.10 Å². The molecule has 6 nitrogen and oxygen atoms in total. The van der Waals surface area contributed by atoms with Gasteiger partial charge < -0.3 is 18.9 Å². The predicted octanol–water partition coefficient (Wildman–Crippen LogP) is 4.26. The topological polar surface area (TPSA) is 71.1 Å². The van der Waals surface area contributed by atoms with E-state index in [1.165, 1.54) is 5.56 Å². The van der Waals surface area contributed by atoms with E-state index in [9.17, 15) is 9.59 Å². The van der Waals surface area contributed by atoms with Crippen molar-refractivity contribution in [1.82, 2.24) is 0 Å². The van der Waals surface area contributed by atoms with E-state index in [1.807, 2.05) is 25.1 Å². The summed E-state index contributed by atoms with van der Waals surface area (Å²) in [7, 11) is 0. The average molecular weight is 421 g/mol. The number of esters is 2. The largest absolute Gasteiger partial charge is 0.463 e. The number of carbonyl (C=O) groups is 2. The normalized spacial score (nSPS) is 11.6. The Kier molecular flexibility index (Phi) is 15.2. The van der Waals surface area contributed by atoms with E-state index in [2.05, 4.69) is 18.7 Å². The fraction of sp³-hybridized carbons (Fsp3) is 0.583. The molecule has 1 unspecified atom stereocenters. The van der Waals surface area contributed by atoms with Crippen LogP contribution in [-0.2, 0) is 35.0 Å². The molecule has 0 N–H and O–H groups in total. The van der Waals surface area contributed by atoms with Crippen LogP contribution in [0.3, 0.4) is 0 Å². The fourth-order valence-corrected chi connectivity index (χ4v) is 2.76. The first-order chi connectivity index (χ1) is 14.7. The minimum absolute atomic E-state index is 0.247. The van der Waals surface area contributed by atoms with E-state index in [-0.39, 0.29) is 18.7 Å². The summed E-state index contributed by atoms with van der Waals surface area (Å²) < 4.78 is 21.6. The van der Waals surface area contributed by atoms with Crippen molar-refractivity contribution in [3.63, 3.8) is 0 Å². The highest BCUT2D eigenvalue weighted by Gasteiger charge is 2.15. The van der Waals surface area contributed by atoms with E-state index in [0.29, 0.717) is 38.9 Å². The molecule has 0 saturated heterocycles. The molecule has 0 spiro atoms. The van der Waals surface area contributed by atoms with Gasteiger partial charge in [0.15, 0.2) is 0 Å². The quantitative estimate of drug-likeness (QED) is 0.201. The molecule has 0 heterocycles. The number of rotatable bonds is 18. The van der Waals surface area contributed by atoms with Crippen LogP contribution in [0.4, 0.5) is 0 Å². The molecule has 0 aliphatic carbocycles. The summed E-state index contributed by atoms with van der Waals surface area (Å²) in [5, 5.41) is 0. The maximum atomic E-state index is 12.2. The molecule has 0 aliphatic heterocycles. The molecule has 1 rings (SSSR count). The van der Waals surface area contributed by atoms with Gasteiger partial charge in [0.05, 0.1) is 13.2 Å². The third-order valence-corrected chi connectivity index (χ3v) is 4.42. The van der Waals surface area contributed by atoms with E-state index in [0.717, 1.165) is 38.6 Å². The summed E-state index contributed by atoms with van der Waals surface area (Å²) >= 11 is 0. The van der Waals surface area contributed by atoms with Crippen LogP contribution < -0.4 is 0 Å². The zero-order valence-corrected chi connectivity index (χ0v) is 18.2. The average Bonchev–Trinajstić information content (AvgIpc) is 2.76. The number of carbonyl (C=O) groups excluding carboxylic acids is 2. The number of benzene rings is 1. The van der Waals surface area contributed by atoms with E-state index in [1.54, 1.807) is 0 Å². The minimum atomic E-state index is -0.447. The minimum Gasteiger partial charge on any atom is -0.463 e. The van der Waals surface area contributed by atoms with Crippen molar-refractivity contribution in [1.29, 1.82) is 0 Å². The number of ether oxygens (including phenoxy) is 4. The molecule has 0 saturated carbocycles. The Labute approximate surface area is 180 Å². The molecule has 0 radical (unpaired) electrons. The maximum Gasteiger partial charge on any atom is 0.330 e. The molecule has 0 aliphatic rings. The van der Waals surface area contributed by atoms with Gasteiger partial charge >= 0.3 is 11.9 Å². The van der Waals surface area contributed by atoms with Crippen LogP contribution in [0.15, 0.2) is 43.0 Å². The molecule has 1 aromatic rings. The first-order valence-electron chi connectivity index (χ1n) is 10.8. The highest BCUT2D eigenvalue weighted by Crippen LogP contribution is 2.11. The van der Waals surface area contributed by atoms with Crippen molar-refractivity contribution >= 4 is 11.9 Å². The second-order valence-corrected chi connectivity index (χ2v) is 6.94. The Hall–Kier alpha value is -2.18. The van der Waals surface area contributed by atoms with Crippen LogP contribution in [0.25, 0.3) is 0 Å². The monoisotopic (exact) mass is 420 g/mol. The van der Waals surface area contributed by atoms with Crippen molar-refractivity contribution in [3.05, 3.63) is 48.6 Å². The molecule has 168 valence electrons. The first kappa shape index (κ1) is 25.9. The van der Waals surface area contributed by atoms with Crippen molar-refractivity contribution < 1.29 is 28.5 Å². The van der Waals surface area contributed by atoms with Crippen LogP contribution in [0.1, 0.15) is 51.0 Å². The summed E-state index contributed by atoms with van der Waals surface area (Å²) in [6.45, 7) is 8.10. The Bertz CT molecular complexity index is 587. The molecule has 1 aromatic carbocycles. The Morgan fingerprint density at radius 3 is 2.40 bits per heavy atom. The summed E-state index contributed by atoms with van der Waals surface area (Å²) in [6, 6.07) is 10.1. The standard InChI is InChI=1S/C24H36O6/c1-3-23(25)29-19-9-8-14-24(26)30-22(16-15-21-12-6-5-7-13-21)20-28-18-11-10-17-27-4-2/h3,5-7,12-13,22H,1,4,8-11,14-20H2,2H3. The van der Waals surface area contributed by atoms with Gasteiger partial charge in [0.25, 0.3) is 0 Å². The molecule has 1 atom stereocenters. The lowest BCUT2D eigenvalue weighted by Crippen LogP contribution is -2.24. The van der Waals surface area contributed by atoms with Gasteiger partial charge in [-0.05, 0) is 51.0 Å². The lowest BCUT2D eigenvalue weighted by atomic mass is 10.1. The van der Waals surface area contributed by atoms with Gasteiger partial charge in [-0.2, -0.15) is 0 Å². The lowest BCUT2D eigenvalue weighted by Gasteiger charge is -2.18. The highest BCUT2D eigenvalue weighted by atomic mass is 16.6. The molecule has 0 fully saturated rings. The number of hydrogen-bond acceptors (Lipinski definition) is 6. The van der Waals surface area contributed by atoms with Gasteiger partial charge in [0.2, 0.25) is 0 Å². The van der Waals surface area contributed by atoms with Gasteiger partial charge in [-0.3, -0.25) is 4.79 Å². The maximum absolute atomic E-state index is 12.2. The van der Waals surface area contributed by atoms with Gasteiger partial charge in [-0.25, -0.2) is 4.79 Å². The van der Waals surface area contributed by atoms with Gasteiger partial charge in [-0.15, -0.1) is 0 Å². The Morgan fingerprint density at radius 1 is 1.00 bits per heavy atom. The van der Waals surface area contributed by atoms with Crippen molar-refractivity contribution in [2.24, 2.45) is 0 Å². The molecule has 6 heteroatoms. The Morgan fingerprint density at radius 2 is 1.70 bits per heavy atom. The number of hydrogen-bond donors (Lipinski definition) is 0. The SMILES string of the molecule is C=CC(=O)OCCCCC(=O)OC(CCc1ccccc1)COCCCCOCC. The van der Waals surface area contributed by atoms with Gasteiger partial charge in [0, 0.05) is 32.3 Å². The van der Waals surface area contributed by atoms with Crippen LogP contribution in [-0.4, -0.2) is 51.1 Å². The third-order valence-electron chi connectivity index (χ3n) is 4.42. The Balaban J connectivity index is 2.32. The lowest BCUT2D eigenvalue weighted by molar-refractivity contribution is -0.152. The van der Waals surface area contributed by atoms with Crippen molar-refractivity contribution in [2.75, 3.05) is 33.0 Å². The molecule has 0 amide bonds. The van der Waals surface area contributed by atoms with Crippen LogP contribution in [0.2, 0.25) is 0 Å². The fourth-order valence-electron chi connectivity index (χ4n) is 2.76.